The molecule has 4 nitrogen and oxygen atoms in total. The number of aromatic nitrogens is 1. The first-order chi connectivity index (χ1) is 7.17. The van der Waals surface area contributed by atoms with Crippen LogP contribution in [0.1, 0.15) is 23.1 Å². The van der Waals surface area contributed by atoms with Gasteiger partial charge in [-0.1, -0.05) is 5.92 Å². The Morgan fingerprint density at radius 2 is 2.47 bits per heavy atom. The van der Waals surface area contributed by atoms with E-state index in [1.165, 1.54) is 7.11 Å². The summed E-state index contributed by atoms with van der Waals surface area (Å²) < 4.78 is 4.57. The maximum Gasteiger partial charge on any atom is 0.354 e. The van der Waals surface area contributed by atoms with E-state index in [-0.39, 0.29) is 12.0 Å². The van der Waals surface area contributed by atoms with Crippen LogP contribution in [0.25, 0.3) is 0 Å². The van der Waals surface area contributed by atoms with E-state index in [0.29, 0.717) is 12.2 Å². The average molecular weight is 206 g/mol. The number of esters is 1. The molecule has 80 valence electrons. The van der Waals surface area contributed by atoms with Gasteiger partial charge in [0.05, 0.1) is 13.2 Å². The predicted molar refractivity (Wildman–Crippen MR) is 57.3 cm³/mol. The molecule has 0 aliphatic carbocycles. The van der Waals surface area contributed by atoms with Crippen molar-refractivity contribution in [1.29, 1.82) is 0 Å². The van der Waals surface area contributed by atoms with E-state index in [0.717, 1.165) is 5.69 Å². The van der Waals surface area contributed by atoms with E-state index in [1.54, 1.807) is 6.07 Å². The number of aromatic amines is 1. The van der Waals surface area contributed by atoms with Crippen molar-refractivity contribution in [3.05, 3.63) is 23.5 Å². The number of ether oxygens (including phenoxy) is 1. The minimum atomic E-state index is -0.369. The number of terminal acetylenes is 1. The van der Waals surface area contributed by atoms with E-state index in [1.807, 2.05) is 13.0 Å². The number of rotatable bonds is 4. The number of hydrogen-bond donors (Lipinski definition) is 2. The Balaban J connectivity index is 2.54. The molecule has 0 bridgehead atoms. The van der Waals surface area contributed by atoms with Crippen LogP contribution in [0.2, 0.25) is 0 Å². The Morgan fingerprint density at radius 3 is 3.07 bits per heavy atom. The quantitative estimate of drug-likeness (QED) is 0.568. The Morgan fingerprint density at radius 1 is 1.73 bits per heavy atom. The molecule has 0 saturated heterocycles. The molecule has 0 aromatic carbocycles. The van der Waals surface area contributed by atoms with E-state index >= 15 is 0 Å². The average Bonchev–Trinajstić information content (AvgIpc) is 2.73. The first-order valence-corrected chi connectivity index (χ1v) is 4.63. The van der Waals surface area contributed by atoms with Crippen LogP contribution in [0.5, 0.6) is 0 Å². The molecule has 0 saturated carbocycles. The highest BCUT2D eigenvalue weighted by atomic mass is 16.5. The van der Waals surface area contributed by atoms with Gasteiger partial charge < -0.3 is 9.72 Å². The zero-order chi connectivity index (χ0) is 11.3. The van der Waals surface area contributed by atoms with E-state index in [4.69, 9.17) is 6.42 Å². The van der Waals surface area contributed by atoms with Crippen molar-refractivity contribution in [3.8, 4) is 12.3 Å². The molecule has 0 spiro atoms. The van der Waals surface area contributed by atoms with Crippen LogP contribution < -0.4 is 5.32 Å². The van der Waals surface area contributed by atoms with Crippen LogP contribution in [-0.2, 0) is 11.3 Å². The lowest BCUT2D eigenvalue weighted by molar-refractivity contribution is 0.0594. The Kier molecular flexibility index (Phi) is 3.95. The summed E-state index contributed by atoms with van der Waals surface area (Å²) in [5.74, 6) is 2.19. The SMILES string of the molecule is C#CC(C)NCc1ccc(C(=O)OC)[nH]1. The van der Waals surface area contributed by atoms with Crippen molar-refractivity contribution in [2.24, 2.45) is 0 Å². The molecule has 2 N–H and O–H groups in total. The number of nitrogens with one attached hydrogen (secondary N) is 2. The van der Waals surface area contributed by atoms with Gasteiger partial charge in [0.1, 0.15) is 5.69 Å². The third-order valence-electron chi connectivity index (χ3n) is 2.00. The minimum absolute atomic E-state index is 0.00915. The van der Waals surface area contributed by atoms with Gasteiger partial charge >= 0.3 is 5.97 Å². The topological polar surface area (TPSA) is 54.1 Å². The third-order valence-corrected chi connectivity index (χ3v) is 2.00. The van der Waals surface area contributed by atoms with E-state index in [9.17, 15) is 4.79 Å². The molecular formula is C11H14N2O2. The lowest BCUT2D eigenvalue weighted by Gasteiger charge is -2.05. The van der Waals surface area contributed by atoms with Crippen LogP contribution in [0, 0.1) is 12.3 Å². The van der Waals surface area contributed by atoms with Gasteiger partial charge in [0.15, 0.2) is 0 Å². The molecular weight excluding hydrogens is 192 g/mol. The van der Waals surface area contributed by atoms with Crippen LogP contribution in [0.3, 0.4) is 0 Å². The maximum absolute atomic E-state index is 11.1. The molecule has 1 unspecified atom stereocenters. The summed E-state index contributed by atoms with van der Waals surface area (Å²) in [6.45, 7) is 2.49. The monoisotopic (exact) mass is 206 g/mol. The van der Waals surface area contributed by atoms with Gasteiger partial charge in [-0.2, -0.15) is 0 Å². The van der Waals surface area contributed by atoms with Crippen molar-refractivity contribution >= 4 is 5.97 Å². The second-order valence-corrected chi connectivity index (χ2v) is 3.16. The fourth-order valence-corrected chi connectivity index (χ4v) is 1.09. The molecule has 4 heteroatoms. The Labute approximate surface area is 89.0 Å². The summed E-state index contributed by atoms with van der Waals surface area (Å²) in [6, 6.07) is 3.51. The second-order valence-electron chi connectivity index (χ2n) is 3.16. The molecule has 0 radical (unpaired) electrons. The Bertz CT molecular complexity index is 376. The minimum Gasteiger partial charge on any atom is -0.464 e. The highest BCUT2D eigenvalue weighted by Crippen LogP contribution is 2.03. The molecule has 1 aromatic heterocycles. The van der Waals surface area contributed by atoms with Crippen LogP contribution in [-0.4, -0.2) is 24.1 Å². The second kappa shape index (κ2) is 5.23. The van der Waals surface area contributed by atoms with E-state index in [2.05, 4.69) is 21.0 Å². The van der Waals surface area contributed by atoms with Crippen LogP contribution in [0.4, 0.5) is 0 Å². The highest BCUT2D eigenvalue weighted by Gasteiger charge is 2.07. The molecule has 1 rings (SSSR count). The maximum atomic E-state index is 11.1. The number of methoxy groups -OCH3 is 1. The smallest absolute Gasteiger partial charge is 0.354 e. The summed E-state index contributed by atoms with van der Waals surface area (Å²) in [5, 5.41) is 3.10. The standard InChI is InChI=1S/C11H14N2O2/c1-4-8(2)12-7-9-5-6-10(13-9)11(14)15-3/h1,5-6,8,12-13H,7H2,2-3H3. The zero-order valence-electron chi connectivity index (χ0n) is 8.83. The molecule has 0 aliphatic rings. The summed E-state index contributed by atoms with van der Waals surface area (Å²) in [5.41, 5.74) is 1.35. The molecule has 0 aliphatic heterocycles. The lowest BCUT2D eigenvalue weighted by Crippen LogP contribution is -2.23. The van der Waals surface area contributed by atoms with Gasteiger partial charge in [-0.05, 0) is 19.1 Å². The summed E-state index contributed by atoms with van der Waals surface area (Å²) in [7, 11) is 1.35. The highest BCUT2D eigenvalue weighted by molar-refractivity contribution is 5.87. The largest absolute Gasteiger partial charge is 0.464 e. The zero-order valence-corrected chi connectivity index (χ0v) is 8.83. The molecule has 1 aromatic rings. The van der Waals surface area contributed by atoms with Crippen molar-refractivity contribution in [3.63, 3.8) is 0 Å². The predicted octanol–water partition coefficient (Wildman–Crippen LogP) is 0.913. The summed E-state index contributed by atoms with van der Waals surface area (Å²) in [4.78, 5) is 14.1. The van der Waals surface area contributed by atoms with Gasteiger partial charge in [0.2, 0.25) is 0 Å². The van der Waals surface area contributed by atoms with Gasteiger partial charge in [-0.15, -0.1) is 6.42 Å². The molecule has 0 fully saturated rings. The normalized spacial score (nSPS) is 11.8. The van der Waals surface area contributed by atoms with Gasteiger partial charge in [0.25, 0.3) is 0 Å². The van der Waals surface area contributed by atoms with Crippen molar-refractivity contribution < 1.29 is 9.53 Å². The fourth-order valence-electron chi connectivity index (χ4n) is 1.09. The molecule has 0 amide bonds. The third kappa shape index (κ3) is 3.15. The van der Waals surface area contributed by atoms with Gasteiger partial charge in [-0.3, -0.25) is 5.32 Å². The van der Waals surface area contributed by atoms with Gasteiger partial charge in [0, 0.05) is 12.2 Å². The number of H-pyrrole nitrogens is 1. The Hall–Kier alpha value is -1.73. The molecule has 1 heterocycles. The molecule has 15 heavy (non-hydrogen) atoms. The van der Waals surface area contributed by atoms with Crippen LogP contribution >= 0.6 is 0 Å². The van der Waals surface area contributed by atoms with Crippen LogP contribution in [0.15, 0.2) is 12.1 Å². The van der Waals surface area contributed by atoms with Crippen molar-refractivity contribution in [1.82, 2.24) is 10.3 Å². The number of carbonyl (C=O) groups excluding carboxylic acids is 1. The summed E-state index contributed by atoms with van der Waals surface area (Å²) in [6.07, 6.45) is 5.21. The first-order valence-electron chi connectivity index (χ1n) is 4.63. The lowest BCUT2D eigenvalue weighted by atomic mass is 10.3. The van der Waals surface area contributed by atoms with E-state index < -0.39 is 0 Å². The summed E-state index contributed by atoms with van der Waals surface area (Å²) >= 11 is 0. The number of hydrogen-bond acceptors (Lipinski definition) is 3. The number of carbonyl (C=O) groups is 1. The van der Waals surface area contributed by atoms with Crippen molar-refractivity contribution in [2.75, 3.05) is 7.11 Å². The molecule has 1 atom stereocenters. The fraction of sp³-hybridized carbons (Fsp3) is 0.364. The first kappa shape index (κ1) is 11.3. The van der Waals surface area contributed by atoms with Gasteiger partial charge in [-0.25, -0.2) is 4.79 Å². The van der Waals surface area contributed by atoms with Crippen molar-refractivity contribution in [2.45, 2.75) is 19.5 Å².